The zero-order valence-corrected chi connectivity index (χ0v) is 29.7. The highest BCUT2D eigenvalue weighted by Gasteiger charge is 2.42. The van der Waals surface area contributed by atoms with Crippen molar-refractivity contribution in [2.24, 2.45) is 0 Å². The van der Waals surface area contributed by atoms with Crippen LogP contribution >= 0.6 is 0 Å². The number of phenols is 4. The number of para-hydroxylation sites is 2. The molecule has 5 aromatic rings. The molecule has 5 aromatic carbocycles. The molecule has 0 saturated carbocycles. The first-order valence-corrected chi connectivity index (χ1v) is 18.2. The van der Waals surface area contributed by atoms with E-state index in [0.29, 0.717) is 33.4 Å². The highest BCUT2D eigenvalue weighted by Crippen LogP contribution is 2.41. The predicted octanol–water partition coefficient (Wildman–Crippen LogP) is 7.46. The average molecular weight is 703 g/mol. The third-order valence-corrected chi connectivity index (χ3v) is 11.2. The van der Waals surface area contributed by atoms with Gasteiger partial charge in [-0.3, -0.25) is 4.55 Å². The maximum atomic E-state index is 12.3. The standard InChI is InChI=1S/C42H39NO7S/c1-24-14-28-20-31-17-25(12-13-37-42(2,3)35-10-5-6-11-36(35)43(37)4)16-30(40(31)46)18-26-8-7-9-27(38(26)44)19-32-22-34(51(48,49)50)23-33(41(32)47)21-29(15-24)39(28)45/h5-17,22-23H,18-21H2,1-4H3,(H4,44,45,47,48,49,50)/p+1. The Bertz CT molecular complexity index is 2440. The number of aromatic hydroxyl groups is 4. The Labute approximate surface area is 297 Å². The van der Waals surface area contributed by atoms with E-state index in [0.717, 1.165) is 22.5 Å². The molecule has 51 heavy (non-hydrogen) atoms. The van der Waals surface area contributed by atoms with Gasteiger partial charge in [-0.15, -0.1) is 0 Å². The summed E-state index contributed by atoms with van der Waals surface area (Å²) >= 11 is 0. The van der Waals surface area contributed by atoms with E-state index in [9.17, 15) is 33.4 Å². The molecule has 1 heterocycles. The van der Waals surface area contributed by atoms with E-state index < -0.39 is 15.0 Å². The molecule has 0 atom stereocenters. The Balaban J connectivity index is 1.40. The summed E-state index contributed by atoms with van der Waals surface area (Å²) in [6, 6.07) is 23.3. The summed E-state index contributed by atoms with van der Waals surface area (Å²) < 4.78 is 36.8. The zero-order chi connectivity index (χ0) is 36.4. The smallest absolute Gasteiger partial charge is 0.294 e. The summed E-state index contributed by atoms with van der Waals surface area (Å²) in [6.45, 7) is 6.27. The van der Waals surface area contributed by atoms with Crippen molar-refractivity contribution in [1.29, 1.82) is 0 Å². The van der Waals surface area contributed by atoms with Crippen molar-refractivity contribution in [3.63, 3.8) is 0 Å². The second-order valence-corrected chi connectivity index (χ2v) is 15.7. The highest BCUT2D eigenvalue weighted by atomic mass is 32.2. The molecule has 9 heteroatoms. The Morgan fingerprint density at radius 2 is 1.08 bits per heavy atom. The van der Waals surface area contributed by atoms with E-state index in [1.54, 1.807) is 24.3 Å². The molecule has 0 amide bonds. The fourth-order valence-corrected chi connectivity index (χ4v) is 8.31. The van der Waals surface area contributed by atoms with Crippen LogP contribution in [0.25, 0.3) is 6.08 Å². The van der Waals surface area contributed by atoms with Crippen molar-refractivity contribution in [3.8, 4) is 23.0 Å². The van der Waals surface area contributed by atoms with Gasteiger partial charge in [0, 0.05) is 54.5 Å². The van der Waals surface area contributed by atoms with Gasteiger partial charge in [0.2, 0.25) is 5.69 Å². The molecule has 1 aliphatic carbocycles. The van der Waals surface area contributed by atoms with Gasteiger partial charge in [0.1, 0.15) is 30.0 Å². The monoisotopic (exact) mass is 702 g/mol. The molecule has 0 aromatic heterocycles. The molecule has 0 unspecified atom stereocenters. The number of nitrogens with zero attached hydrogens (tertiary/aromatic N) is 1. The molecule has 8 nitrogen and oxygen atoms in total. The Kier molecular flexibility index (Phi) is 8.31. The molecule has 2 aliphatic rings. The van der Waals surface area contributed by atoms with Gasteiger partial charge < -0.3 is 20.4 Å². The summed E-state index contributed by atoms with van der Waals surface area (Å²) in [4.78, 5) is -0.399. The lowest BCUT2D eigenvalue weighted by Crippen LogP contribution is -2.26. The quantitative estimate of drug-likeness (QED) is 0.0954. The molecular formula is C42H40NO7S+. The lowest BCUT2D eigenvalue weighted by molar-refractivity contribution is -0.401. The minimum absolute atomic E-state index is 0.0426. The van der Waals surface area contributed by atoms with Gasteiger partial charge in [-0.1, -0.05) is 54.1 Å². The van der Waals surface area contributed by atoms with Crippen LogP contribution in [0.2, 0.25) is 0 Å². The SMILES string of the molecule is Cc1cc2c(O)c(c1)Cc1cc(S(=O)(=O)O)cc(c1O)Cc1cccc(c1O)Cc1cc(/C=C/C3=[N+](C)c4ccccc4C3(C)C)cc(c1O)C2. The van der Waals surface area contributed by atoms with Crippen molar-refractivity contribution in [2.45, 2.75) is 56.8 Å². The largest absolute Gasteiger partial charge is 0.507 e. The van der Waals surface area contributed by atoms with Gasteiger partial charge >= 0.3 is 0 Å². The van der Waals surface area contributed by atoms with Crippen LogP contribution in [0.5, 0.6) is 23.0 Å². The van der Waals surface area contributed by atoms with Crippen LogP contribution in [0, 0.1) is 6.92 Å². The minimum Gasteiger partial charge on any atom is -0.507 e. The molecule has 5 N–H and O–H groups in total. The number of rotatable bonds is 3. The number of hydrogen-bond donors (Lipinski definition) is 5. The average Bonchev–Trinajstić information content (AvgIpc) is 3.26. The summed E-state index contributed by atoms with van der Waals surface area (Å²) in [5, 5.41) is 46.2. The number of hydrogen-bond acceptors (Lipinski definition) is 6. The number of fused-ring (bicyclic) bond motifs is 9. The van der Waals surface area contributed by atoms with Crippen molar-refractivity contribution in [2.75, 3.05) is 7.05 Å². The Morgan fingerprint density at radius 1 is 0.627 bits per heavy atom. The van der Waals surface area contributed by atoms with Gasteiger partial charge in [-0.25, -0.2) is 0 Å². The number of phenolic OH excluding ortho intramolecular Hbond substituents is 4. The van der Waals surface area contributed by atoms with Crippen molar-refractivity contribution < 1.29 is 38.0 Å². The number of benzene rings is 5. The first kappa shape index (κ1) is 34.1. The lowest BCUT2D eigenvalue weighted by Gasteiger charge is -2.19. The molecule has 0 spiro atoms. The van der Waals surface area contributed by atoms with Crippen LogP contribution < -0.4 is 0 Å². The molecule has 7 rings (SSSR count). The summed E-state index contributed by atoms with van der Waals surface area (Å²) in [7, 11) is -2.59. The first-order valence-electron chi connectivity index (χ1n) is 16.8. The van der Waals surface area contributed by atoms with E-state index in [2.05, 4.69) is 49.7 Å². The summed E-state index contributed by atoms with van der Waals surface area (Å²) in [5.41, 5.74) is 8.37. The van der Waals surface area contributed by atoms with Crippen LogP contribution in [-0.4, -0.2) is 50.7 Å². The number of allylic oxidation sites excluding steroid dienone is 1. The van der Waals surface area contributed by atoms with Crippen molar-refractivity contribution >= 4 is 27.6 Å². The minimum atomic E-state index is -4.65. The zero-order valence-electron chi connectivity index (χ0n) is 28.9. The highest BCUT2D eigenvalue weighted by molar-refractivity contribution is 7.85. The second-order valence-electron chi connectivity index (χ2n) is 14.2. The van der Waals surface area contributed by atoms with E-state index >= 15 is 0 Å². The Morgan fingerprint density at radius 3 is 1.59 bits per heavy atom. The molecular weight excluding hydrogens is 663 g/mol. The van der Waals surface area contributed by atoms with Crippen LogP contribution in [0.1, 0.15) is 75.0 Å². The molecule has 0 saturated heterocycles. The van der Waals surface area contributed by atoms with Gasteiger partial charge in [-0.2, -0.15) is 13.0 Å². The van der Waals surface area contributed by atoms with E-state index in [1.165, 1.54) is 17.7 Å². The van der Waals surface area contributed by atoms with Gasteiger partial charge in [0.25, 0.3) is 10.1 Å². The molecule has 0 fully saturated rings. The first-order chi connectivity index (χ1) is 24.1. The summed E-state index contributed by atoms with van der Waals surface area (Å²) in [6.07, 6.45) is 4.39. The second kappa shape index (κ2) is 12.4. The lowest BCUT2D eigenvalue weighted by atomic mass is 9.81. The summed E-state index contributed by atoms with van der Waals surface area (Å²) in [5.74, 6) is -0.229. The number of aryl methyl sites for hydroxylation is 1. The fraction of sp³-hybridized carbons (Fsp3) is 0.214. The van der Waals surface area contributed by atoms with Crippen LogP contribution in [0.3, 0.4) is 0 Å². The third kappa shape index (κ3) is 6.17. The maximum absolute atomic E-state index is 12.3. The molecule has 260 valence electrons. The van der Waals surface area contributed by atoms with E-state index in [4.69, 9.17) is 0 Å². The van der Waals surface area contributed by atoms with Gasteiger partial charge in [-0.05, 0) is 90.1 Å². The van der Waals surface area contributed by atoms with Crippen LogP contribution in [0.4, 0.5) is 5.69 Å². The van der Waals surface area contributed by atoms with Gasteiger partial charge in [0.05, 0.1) is 10.3 Å². The van der Waals surface area contributed by atoms with Gasteiger partial charge in [0.15, 0.2) is 5.71 Å². The topological polar surface area (TPSA) is 138 Å². The molecule has 1 aliphatic heterocycles. The Hall–Kier alpha value is -5.38. The fourth-order valence-electron chi connectivity index (χ4n) is 7.73. The van der Waals surface area contributed by atoms with E-state index in [-0.39, 0.29) is 65.2 Å². The predicted molar refractivity (Wildman–Crippen MR) is 198 cm³/mol. The maximum Gasteiger partial charge on any atom is 0.294 e. The van der Waals surface area contributed by atoms with Crippen molar-refractivity contribution in [1.82, 2.24) is 0 Å². The van der Waals surface area contributed by atoms with Crippen molar-refractivity contribution in [3.05, 3.63) is 146 Å². The van der Waals surface area contributed by atoms with E-state index in [1.807, 2.05) is 37.3 Å². The third-order valence-electron chi connectivity index (χ3n) is 10.3. The molecule has 8 bridgehead atoms. The normalized spacial score (nSPS) is 15.3. The van der Waals surface area contributed by atoms with Crippen LogP contribution in [-0.2, 0) is 41.2 Å². The molecule has 0 radical (unpaired) electrons. The van der Waals surface area contributed by atoms with Crippen LogP contribution in [0.15, 0.2) is 89.8 Å².